The Morgan fingerprint density at radius 3 is 2.43 bits per heavy atom. The predicted molar refractivity (Wildman–Crippen MR) is 90.3 cm³/mol. The molecule has 1 heterocycles. The molecule has 1 aliphatic heterocycles. The maximum absolute atomic E-state index is 6.19. The summed E-state index contributed by atoms with van der Waals surface area (Å²) in [6.45, 7) is 13.5. The van der Waals surface area contributed by atoms with Gasteiger partial charge in [-0.1, -0.05) is 11.6 Å². The van der Waals surface area contributed by atoms with E-state index in [1.165, 1.54) is 11.3 Å². The number of hydrogen-bond acceptors (Lipinski definition) is 3. The predicted octanol–water partition coefficient (Wildman–Crippen LogP) is 3.84. The van der Waals surface area contributed by atoms with Gasteiger partial charge in [-0.3, -0.25) is 0 Å². The van der Waals surface area contributed by atoms with Gasteiger partial charge >= 0.3 is 0 Å². The molecule has 0 unspecified atom stereocenters. The first-order valence-corrected chi connectivity index (χ1v) is 8.06. The second kappa shape index (κ2) is 6.55. The molecule has 0 amide bonds. The lowest BCUT2D eigenvalue weighted by molar-refractivity contribution is -0.00527. The number of halogens is 1. The van der Waals surface area contributed by atoms with Gasteiger partial charge in [-0.25, -0.2) is 0 Å². The van der Waals surface area contributed by atoms with Crippen LogP contribution in [0, 0.1) is 0 Å². The van der Waals surface area contributed by atoms with Crippen LogP contribution in [0.3, 0.4) is 0 Å². The Kier molecular flexibility index (Phi) is 5.18. The van der Waals surface area contributed by atoms with Crippen molar-refractivity contribution in [3.63, 3.8) is 0 Å². The largest absolute Gasteiger partial charge is 0.372 e. The van der Waals surface area contributed by atoms with Crippen LogP contribution in [0.2, 0.25) is 5.02 Å². The van der Waals surface area contributed by atoms with E-state index >= 15 is 0 Å². The van der Waals surface area contributed by atoms with Crippen molar-refractivity contribution >= 4 is 17.3 Å². The molecule has 3 nitrogen and oxygen atoms in total. The highest BCUT2D eigenvalue weighted by Crippen LogP contribution is 2.27. The molecular weight excluding hydrogens is 284 g/mol. The molecule has 0 bridgehead atoms. The van der Waals surface area contributed by atoms with Gasteiger partial charge < -0.3 is 15.0 Å². The third-order valence-corrected chi connectivity index (χ3v) is 3.85. The minimum Gasteiger partial charge on any atom is -0.372 e. The normalized spacial score (nSPS) is 23.4. The van der Waals surface area contributed by atoms with Gasteiger partial charge in [0.1, 0.15) is 0 Å². The Morgan fingerprint density at radius 1 is 1.24 bits per heavy atom. The summed E-state index contributed by atoms with van der Waals surface area (Å²) in [6.07, 6.45) is 0.515. The molecular formula is C17H27ClN2O. The zero-order chi connectivity index (χ0) is 15.6. The fourth-order valence-corrected chi connectivity index (χ4v) is 2.93. The summed E-state index contributed by atoms with van der Waals surface area (Å²) in [5.41, 5.74) is 2.60. The molecule has 0 radical (unpaired) electrons. The van der Waals surface area contributed by atoms with Crippen LogP contribution >= 0.6 is 11.6 Å². The van der Waals surface area contributed by atoms with E-state index in [0.29, 0.717) is 0 Å². The highest BCUT2D eigenvalue weighted by molar-refractivity contribution is 6.30. The van der Waals surface area contributed by atoms with Crippen LogP contribution in [-0.2, 0) is 11.3 Å². The van der Waals surface area contributed by atoms with Crippen molar-refractivity contribution in [1.29, 1.82) is 0 Å². The van der Waals surface area contributed by atoms with Gasteiger partial charge in [0, 0.05) is 35.9 Å². The number of anilines is 1. The van der Waals surface area contributed by atoms with Crippen LogP contribution in [0.15, 0.2) is 18.2 Å². The first-order valence-electron chi connectivity index (χ1n) is 7.68. The smallest absolute Gasteiger partial charge is 0.0726 e. The molecule has 2 atom stereocenters. The highest BCUT2D eigenvalue weighted by atomic mass is 35.5. The molecule has 0 aromatic heterocycles. The molecule has 2 rings (SSSR count). The number of nitrogens with one attached hydrogen (secondary N) is 1. The zero-order valence-corrected chi connectivity index (χ0v) is 14.5. The third-order valence-electron chi connectivity index (χ3n) is 3.61. The third kappa shape index (κ3) is 4.87. The van der Waals surface area contributed by atoms with Crippen LogP contribution in [0.25, 0.3) is 0 Å². The molecule has 1 aromatic carbocycles. The van der Waals surface area contributed by atoms with E-state index in [0.717, 1.165) is 24.7 Å². The summed E-state index contributed by atoms with van der Waals surface area (Å²) in [5, 5.41) is 4.34. The maximum Gasteiger partial charge on any atom is 0.0726 e. The van der Waals surface area contributed by atoms with Crippen LogP contribution in [0.4, 0.5) is 5.69 Å². The minimum absolute atomic E-state index is 0.0885. The summed E-state index contributed by atoms with van der Waals surface area (Å²) < 4.78 is 5.83. The van der Waals surface area contributed by atoms with Crippen molar-refractivity contribution < 1.29 is 4.74 Å². The molecule has 1 saturated heterocycles. The highest BCUT2D eigenvalue weighted by Gasteiger charge is 2.24. The van der Waals surface area contributed by atoms with E-state index in [1.54, 1.807) is 0 Å². The van der Waals surface area contributed by atoms with Crippen molar-refractivity contribution in [3.05, 3.63) is 28.8 Å². The van der Waals surface area contributed by atoms with Gasteiger partial charge in [0.25, 0.3) is 0 Å². The summed E-state index contributed by atoms with van der Waals surface area (Å²) in [4.78, 5) is 2.41. The lowest BCUT2D eigenvalue weighted by Crippen LogP contribution is -2.46. The number of nitrogens with zero attached hydrogens (tertiary/aromatic N) is 1. The standard InChI is InChI=1S/C17H27ClN2O/c1-12-10-20(11-13(2)21-12)16-7-6-15(18)8-14(16)9-19-17(3,4)5/h6-8,12-13,19H,9-11H2,1-5H3/t12-,13+. The topological polar surface area (TPSA) is 24.5 Å². The van der Waals surface area contributed by atoms with Gasteiger partial charge in [-0.15, -0.1) is 0 Å². The Bertz CT molecular complexity index is 474. The van der Waals surface area contributed by atoms with E-state index in [2.05, 4.69) is 57.0 Å². The summed E-state index contributed by atoms with van der Waals surface area (Å²) in [7, 11) is 0. The summed E-state index contributed by atoms with van der Waals surface area (Å²) in [5.74, 6) is 0. The first-order chi connectivity index (χ1) is 9.74. The molecule has 1 aliphatic rings. The number of ether oxygens (including phenoxy) is 1. The van der Waals surface area contributed by atoms with E-state index in [-0.39, 0.29) is 17.7 Å². The SMILES string of the molecule is C[C@@H]1CN(c2ccc(Cl)cc2CNC(C)(C)C)C[C@H](C)O1. The molecule has 21 heavy (non-hydrogen) atoms. The van der Waals surface area contributed by atoms with E-state index in [4.69, 9.17) is 16.3 Å². The quantitative estimate of drug-likeness (QED) is 0.918. The van der Waals surface area contributed by atoms with Crippen molar-refractivity contribution in [2.24, 2.45) is 0 Å². The van der Waals surface area contributed by atoms with Crippen LogP contribution in [0.5, 0.6) is 0 Å². The van der Waals surface area contributed by atoms with Crippen LogP contribution in [-0.4, -0.2) is 30.8 Å². The monoisotopic (exact) mass is 310 g/mol. The average Bonchev–Trinajstić information content (AvgIpc) is 2.34. The van der Waals surface area contributed by atoms with E-state index in [1.807, 2.05) is 6.07 Å². The fourth-order valence-electron chi connectivity index (χ4n) is 2.74. The summed E-state index contributed by atoms with van der Waals surface area (Å²) >= 11 is 6.19. The van der Waals surface area contributed by atoms with E-state index in [9.17, 15) is 0 Å². The molecule has 0 saturated carbocycles. The summed E-state index contributed by atoms with van der Waals surface area (Å²) in [6, 6.07) is 6.18. The van der Waals surface area contributed by atoms with Gasteiger partial charge in [-0.05, 0) is 58.4 Å². The average molecular weight is 311 g/mol. The van der Waals surface area contributed by atoms with Gasteiger partial charge in [-0.2, -0.15) is 0 Å². The zero-order valence-electron chi connectivity index (χ0n) is 13.7. The second-order valence-electron chi connectivity index (χ2n) is 7.04. The van der Waals surface area contributed by atoms with Gasteiger partial charge in [0.2, 0.25) is 0 Å². The maximum atomic E-state index is 6.19. The first kappa shape index (κ1) is 16.6. The van der Waals surface area contributed by atoms with Crippen molar-refractivity contribution in [3.8, 4) is 0 Å². The fraction of sp³-hybridized carbons (Fsp3) is 0.647. The second-order valence-corrected chi connectivity index (χ2v) is 7.48. The molecule has 4 heteroatoms. The number of morpholine rings is 1. The Hall–Kier alpha value is -0.770. The Morgan fingerprint density at radius 2 is 1.86 bits per heavy atom. The van der Waals surface area contributed by atoms with Crippen molar-refractivity contribution in [1.82, 2.24) is 5.32 Å². The number of hydrogen-bond donors (Lipinski definition) is 1. The van der Waals surface area contributed by atoms with E-state index < -0.39 is 0 Å². The van der Waals surface area contributed by atoms with Crippen LogP contribution in [0.1, 0.15) is 40.2 Å². The molecule has 1 aromatic rings. The number of rotatable bonds is 3. The van der Waals surface area contributed by atoms with Gasteiger partial charge in [0.15, 0.2) is 0 Å². The van der Waals surface area contributed by atoms with Crippen molar-refractivity contribution in [2.45, 2.75) is 58.9 Å². The molecule has 118 valence electrons. The minimum atomic E-state index is 0.0885. The lowest BCUT2D eigenvalue weighted by Gasteiger charge is -2.38. The molecule has 1 fully saturated rings. The lowest BCUT2D eigenvalue weighted by atomic mass is 10.1. The Labute approximate surface area is 133 Å². The molecule has 0 spiro atoms. The van der Waals surface area contributed by atoms with Gasteiger partial charge in [0.05, 0.1) is 12.2 Å². The van der Waals surface area contributed by atoms with Crippen LogP contribution < -0.4 is 10.2 Å². The van der Waals surface area contributed by atoms with Crippen molar-refractivity contribution in [2.75, 3.05) is 18.0 Å². The Balaban J connectivity index is 2.21. The molecule has 1 N–H and O–H groups in total. The number of benzene rings is 1. The molecule has 0 aliphatic carbocycles.